The topological polar surface area (TPSA) is 80.1 Å². The maximum absolute atomic E-state index is 13.4. The third-order valence-corrected chi connectivity index (χ3v) is 7.09. The summed E-state index contributed by atoms with van der Waals surface area (Å²) >= 11 is 0. The van der Waals surface area contributed by atoms with E-state index in [1.807, 2.05) is 0 Å². The predicted molar refractivity (Wildman–Crippen MR) is 95.4 cm³/mol. The van der Waals surface area contributed by atoms with Gasteiger partial charge in [-0.2, -0.15) is 22.6 Å². The number of nitrogens with zero attached hydrogens (tertiary/aromatic N) is 4. The lowest BCUT2D eigenvalue weighted by Crippen LogP contribution is -2.37. The quantitative estimate of drug-likeness (QED) is 0.834. The third kappa shape index (κ3) is 3.37. The van der Waals surface area contributed by atoms with E-state index in [-0.39, 0.29) is 36.4 Å². The van der Waals surface area contributed by atoms with Crippen LogP contribution in [0.3, 0.4) is 0 Å². The molecule has 2 aliphatic rings. The zero-order chi connectivity index (χ0) is 20.1. The molecule has 4 rings (SSSR count). The van der Waals surface area contributed by atoms with Crippen LogP contribution in [0, 0.1) is 0 Å². The number of halogens is 3. The van der Waals surface area contributed by atoms with Crippen LogP contribution in [0.15, 0.2) is 35.5 Å². The van der Waals surface area contributed by atoms with Crippen molar-refractivity contribution in [2.24, 2.45) is 0 Å². The molecule has 2 aliphatic heterocycles. The van der Waals surface area contributed by atoms with E-state index in [4.69, 9.17) is 0 Å². The second kappa shape index (κ2) is 6.73. The monoisotopic (exact) mass is 415 g/mol. The van der Waals surface area contributed by atoms with E-state index in [9.17, 15) is 21.6 Å². The second-order valence-corrected chi connectivity index (χ2v) is 9.21. The van der Waals surface area contributed by atoms with Crippen molar-refractivity contribution in [3.05, 3.63) is 36.3 Å². The molecular formula is C17H20F3N5O2S. The minimum Gasteiger partial charge on any atom is -0.368 e. The van der Waals surface area contributed by atoms with E-state index in [1.165, 1.54) is 22.8 Å². The fourth-order valence-electron chi connectivity index (χ4n) is 3.81. The fourth-order valence-corrected chi connectivity index (χ4v) is 5.28. The van der Waals surface area contributed by atoms with Crippen LogP contribution >= 0.6 is 0 Å². The van der Waals surface area contributed by atoms with Crippen molar-refractivity contribution in [2.75, 3.05) is 18.4 Å². The van der Waals surface area contributed by atoms with E-state index in [2.05, 4.69) is 15.4 Å². The molecule has 1 N–H and O–H groups in total. The Kier molecular flexibility index (Phi) is 4.61. The number of pyridine rings is 1. The summed E-state index contributed by atoms with van der Waals surface area (Å²) in [5.41, 5.74) is 0.481. The molecule has 28 heavy (non-hydrogen) atoms. The normalized spacial score (nSPS) is 26.1. The Balaban J connectivity index is 1.58. The largest absolute Gasteiger partial charge is 0.410 e. The molecule has 0 amide bonds. The molecule has 3 atom stereocenters. The summed E-state index contributed by atoms with van der Waals surface area (Å²) < 4.78 is 68.0. The minimum atomic E-state index is -4.39. The Morgan fingerprint density at radius 3 is 2.79 bits per heavy atom. The summed E-state index contributed by atoms with van der Waals surface area (Å²) in [4.78, 5) is 3.95. The van der Waals surface area contributed by atoms with Gasteiger partial charge in [0.2, 0.25) is 10.0 Å². The molecule has 7 nitrogen and oxygen atoms in total. The molecule has 2 aromatic heterocycles. The van der Waals surface area contributed by atoms with Crippen LogP contribution in [0.25, 0.3) is 0 Å². The number of sulfonamides is 1. The van der Waals surface area contributed by atoms with Crippen molar-refractivity contribution in [1.29, 1.82) is 0 Å². The summed E-state index contributed by atoms with van der Waals surface area (Å²) in [6.45, 7) is 2.17. The number of alkyl halides is 3. The first-order chi connectivity index (χ1) is 13.2. The highest BCUT2D eigenvalue weighted by Crippen LogP contribution is 2.41. The number of nitrogens with one attached hydrogen (secondary N) is 1. The number of rotatable bonds is 3. The SMILES string of the molecule is C[C@@H]1C[C@H](C(F)(F)F)n2nc([C@H]3CCN(S(=O)(=O)c4cccnc4)C3)cc2N1. The summed E-state index contributed by atoms with van der Waals surface area (Å²) in [5, 5.41) is 7.24. The molecule has 0 unspecified atom stereocenters. The minimum absolute atomic E-state index is 0.0935. The van der Waals surface area contributed by atoms with Gasteiger partial charge < -0.3 is 5.32 Å². The molecule has 2 aromatic rings. The molecular weight excluding hydrogens is 395 g/mol. The molecule has 4 heterocycles. The summed E-state index contributed by atoms with van der Waals surface area (Å²) in [7, 11) is -3.68. The van der Waals surface area contributed by atoms with Crippen LogP contribution in [-0.4, -0.2) is 52.8 Å². The van der Waals surface area contributed by atoms with Gasteiger partial charge in [0.05, 0.1) is 5.69 Å². The standard InChI is InChI=1S/C17H20F3N5O2S/c1-11-7-15(17(18,19)20)25-16(22-11)8-14(23-25)12-4-6-24(10-12)28(26,27)13-3-2-5-21-9-13/h2-3,5,8-9,11-12,15,22H,4,6-7,10H2,1H3/t11-,12+,15-/m1/s1. The first-order valence-corrected chi connectivity index (χ1v) is 10.4. The van der Waals surface area contributed by atoms with Gasteiger partial charge in [-0.25, -0.2) is 13.1 Å². The Morgan fingerprint density at radius 1 is 1.32 bits per heavy atom. The molecule has 0 aliphatic carbocycles. The van der Waals surface area contributed by atoms with Gasteiger partial charge >= 0.3 is 6.18 Å². The van der Waals surface area contributed by atoms with Crippen molar-refractivity contribution in [2.45, 2.75) is 48.8 Å². The Bertz CT molecular complexity index is 961. The maximum Gasteiger partial charge on any atom is 0.410 e. The lowest BCUT2D eigenvalue weighted by Gasteiger charge is -2.31. The molecule has 0 radical (unpaired) electrons. The zero-order valence-corrected chi connectivity index (χ0v) is 15.9. The Hall–Kier alpha value is -2.14. The van der Waals surface area contributed by atoms with Crippen LogP contribution in [0.4, 0.5) is 19.0 Å². The van der Waals surface area contributed by atoms with Crippen LogP contribution in [0.1, 0.15) is 37.4 Å². The second-order valence-electron chi connectivity index (χ2n) is 7.27. The molecule has 0 saturated carbocycles. The first-order valence-electron chi connectivity index (χ1n) is 8.99. The number of hydrogen-bond acceptors (Lipinski definition) is 5. The Morgan fingerprint density at radius 2 is 2.11 bits per heavy atom. The average molecular weight is 415 g/mol. The molecule has 1 fully saturated rings. The highest BCUT2D eigenvalue weighted by atomic mass is 32.2. The van der Waals surface area contributed by atoms with Gasteiger partial charge in [0.25, 0.3) is 0 Å². The molecule has 152 valence electrons. The van der Waals surface area contributed by atoms with E-state index in [1.54, 1.807) is 19.1 Å². The zero-order valence-electron chi connectivity index (χ0n) is 15.1. The molecule has 0 spiro atoms. The number of hydrogen-bond donors (Lipinski definition) is 1. The van der Waals surface area contributed by atoms with Crippen LogP contribution in [0.2, 0.25) is 0 Å². The van der Waals surface area contributed by atoms with Gasteiger partial charge in [-0.05, 0) is 31.9 Å². The summed E-state index contributed by atoms with van der Waals surface area (Å²) in [5.74, 6) is 0.0696. The van der Waals surface area contributed by atoms with Crippen LogP contribution in [-0.2, 0) is 10.0 Å². The summed E-state index contributed by atoms with van der Waals surface area (Å²) in [6, 6.07) is 2.64. The van der Waals surface area contributed by atoms with Crippen molar-refractivity contribution in [1.82, 2.24) is 19.1 Å². The van der Waals surface area contributed by atoms with Gasteiger partial charge in [-0.3, -0.25) is 4.98 Å². The lowest BCUT2D eigenvalue weighted by molar-refractivity contribution is -0.173. The molecule has 0 aromatic carbocycles. The van der Waals surface area contributed by atoms with Crippen molar-refractivity contribution in [3.63, 3.8) is 0 Å². The molecule has 1 saturated heterocycles. The number of anilines is 1. The van der Waals surface area contributed by atoms with Crippen LogP contribution < -0.4 is 5.32 Å². The smallest absolute Gasteiger partial charge is 0.368 e. The fraction of sp³-hybridized carbons (Fsp3) is 0.529. The third-order valence-electron chi connectivity index (χ3n) is 5.24. The number of fused-ring (bicyclic) bond motifs is 1. The summed E-state index contributed by atoms with van der Waals surface area (Å²) in [6.07, 6.45) is -1.20. The van der Waals surface area contributed by atoms with E-state index < -0.39 is 22.2 Å². The first kappa shape index (κ1) is 19.2. The molecule has 11 heteroatoms. The Labute approximate surface area is 160 Å². The van der Waals surface area contributed by atoms with Gasteiger partial charge in [-0.15, -0.1) is 0 Å². The van der Waals surface area contributed by atoms with E-state index in [0.29, 0.717) is 17.9 Å². The highest BCUT2D eigenvalue weighted by Gasteiger charge is 2.46. The van der Waals surface area contributed by atoms with Gasteiger partial charge in [0, 0.05) is 43.5 Å². The molecule has 0 bridgehead atoms. The maximum atomic E-state index is 13.4. The average Bonchev–Trinajstić information content (AvgIpc) is 3.28. The van der Waals surface area contributed by atoms with Crippen LogP contribution in [0.5, 0.6) is 0 Å². The van der Waals surface area contributed by atoms with Crippen molar-refractivity contribution >= 4 is 15.8 Å². The lowest BCUT2D eigenvalue weighted by atomic mass is 10.0. The van der Waals surface area contributed by atoms with Crippen molar-refractivity contribution in [3.8, 4) is 0 Å². The van der Waals surface area contributed by atoms with Gasteiger partial charge in [-0.1, -0.05) is 0 Å². The van der Waals surface area contributed by atoms with Gasteiger partial charge in [0.15, 0.2) is 6.04 Å². The van der Waals surface area contributed by atoms with E-state index >= 15 is 0 Å². The highest BCUT2D eigenvalue weighted by molar-refractivity contribution is 7.89. The number of aromatic nitrogens is 3. The van der Waals surface area contributed by atoms with Gasteiger partial charge in [0.1, 0.15) is 10.7 Å². The van der Waals surface area contributed by atoms with Crippen molar-refractivity contribution < 1.29 is 21.6 Å². The predicted octanol–water partition coefficient (Wildman–Crippen LogP) is 2.76. The van der Waals surface area contributed by atoms with E-state index in [0.717, 1.165) is 4.68 Å².